The minimum absolute atomic E-state index is 0.0229. The molecule has 2 amide bonds. The molecular formula is C23H23BrN4O3. The molecule has 1 saturated carbocycles. The maximum absolute atomic E-state index is 12.8. The summed E-state index contributed by atoms with van der Waals surface area (Å²) in [5, 5.41) is 12.0. The smallest absolute Gasteiger partial charge is 0.227 e. The molecule has 4 rings (SSSR count). The Hall–Kier alpha value is -2.92. The highest BCUT2D eigenvalue weighted by molar-refractivity contribution is 9.10. The second kappa shape index (κ2) is 9.48. The van der Waals surface area contributed by atoms with Crippen molar-refractivity contribution in [3.63, 3.8) is 0 Å². The minimum atomic E-state index is -0.330. The second-order valence-corrected chi connectivity index (χ2v) is 8.90. The van der Waals surface area contributed by atoms with Crippen LogP contribution in [0.5, 0.6) is 5.88 Å². The van der Waals surface area contributed by atoms with Gasteiger partial charge >= 0.3 is 0 Å². The molecule has 1 aliphatic carbocycles. The Morgan fingerprint density at radius 3 is 2.71 bits per heavy atom. The summed E-state index contributed by atoms with van der Waals surface area (Å²) in [5.41, 5.74) is 1.31. The Labute approximate surface area is 189 Å². The van der Waals surface area contributed by atoms with E-state index in [1.807, 2.05) is 30.3 Å². The van der Waals surface area contributed by atoms with Gasteiger partial charge in [-0.2, -0.15) is 5.26 Å². The summed E-state index contributed by atoms with van der Waals surface area (Å²) in [6.07, 6.45) is 5.07. The fraction of sp³-hybridized carbons (Fsp3) is 0.391. The molecule has 0 bridgehead atoms. The molecule has 31 heavy (non-hydrogen) atoms. The predicted octanol–water partition coefficient (Wildman–Crippen LogP) is 3.58. The standard InChI is InChI=1S/C23H23BrN4O3/c24-17-2-1-3-19(11-17)28-14-16(10-22(28)29)23(30)27-18-5-7-20(8-6-18)31-21-9-4-15(12-25)13-26-21/h1-4,9,11,13,16,18,20H,5-8,10,14H2,(H,27,30). The number of aromatic nitrogens is 1. The number of hydrogen-bond donors (Lipinski definition) is 1. The Kier molecular flexibility index (Phi) is 6.52. The van der Waals surface area contributed by atoms with E-state index in [1.165, 1.54) is 6.20 Å². The van der Waals surface area contributed by atoms with Crippen LogP contribution in [-0.4, -0.2) is 35.5 Å². The third-order valence-corrected chi connectivity index (χ3v) is 6.28. The Bertz CT molecular complexity index is 997. The number of rotatable bonds is 5. The van der Waals surface area contributed by atoms with Crippen LogP contribution in [0.1, 0.15) is 37.7 Å². The van der Waals surface area contributed by atoms with Gasteiger partial charge in [0.1, 0.15) is 12.2 Å². The molecule has 1 atom stereocenters. The average Bonchev–Trinajstić information content (AvgIpc) is 3.17. The van der Waals surface area contributed by atoms with Gasteiger partial charge in [-0.05, 0) is 49.9 Å². The molecule has 8 heteroatoms. The third kappa shape index (κ3) is 5.23. The Morgan fingerprint density at radius 2 is 2.03 bits per heavy atom. The number of nitrogens with one attached hydrogen (secondary N) is 1. The number of pyridine rings is 1. The van der Waals surface area contributed by atoms with E-state index in [-0.39, 0.29) is 36.3 Å². The fourth-order valence-electron chi connectivity index (χ4n) is 4.11. The first kappa shape index (κ1) is 21.3. The van der Waals surface area contributed by atoms with Gasteiger partial charge in [-0.25, -0.2) is 4.98 Å². The summed E-state index contributed by atoms with van der Waals surface area (Å²) in [6.45, 7) is 0.407. The van der Waals surface area contributed by atoms with Crippen molar-refractivity contribution in [2.45, 2.75) is 44.2 Å². The van der Waals surface area contributed by atoms with E-state index in [9.17, 15) is 9.59 Å². The maximum Gasteiger partial charge on any atom is 0.227 e. The zero-order valence-electron chi connectivity index (χ0n) is 17.0. The lowest BCUT2D eigenvalue weighted by Gasteiger charge is -2.29. The summed E-state index contributed by atoms with van der Waals surface area (Å²) >= 11 is 3.43. The summed E-state index contributed by atoms with van der Waals surface area (Å²) in [4.78, 5) is 31.0. The zero-order chi connectivity index (χ0) is 21.8. The normalized spacial score (nSPS) is 23.3. The summed E-state index contributed by atoms with van der Waals surface area (Å²) in [7, 11) is 0. The van der Waals surface area contributed by atoms with Gasteiger partial charge in [-0.15, -0.1) is 0 Å². The number of halogens is 1. The lowest BCUT2D eigenvalue weighted by atomic mass is 9.92. The van der Waals surface area contributed by atoms with E-state index in [4.69, 9.17) is 10.00 Å². The number of amides is 2. The molecule has 0 spiro atoms. The number of hydrogen-bond acceptors (Lipinski definition) is 5. The van der Waals surface area contributed by atoms with Crippen molar-refractivity contribution < 1.29 is 14.3 Å². The number of carbonyl (C=O) groups is 2. The van der Waals surface area contributed by atoms with Crippen molar-refractivity contribution in [3.05, 3.63) is 52.6 Å². The van der Waals surface area contributed by atoms with Gasteiger partial charge < -0.3 is 15.0 Å². The third-order valence-electron chi connectivity index (χ3n) is 5.79. The van der Waals surface area contributed by atoms with Crippen LogP contribution in [-0.2, 0) is 9.59 Å². The topological polar surface area (TPSA) is 95.3 Å². The molecule has 1 saturated heterocycles. The Morgan fingerprint density at radius 1 is 1.23 bits per heavy atom. The van der Waals surface area contributed by atoms with Crippen LogP contribution >= 0.6 is 15.9 Å². The quantitative estimate of drug-likeness (QED) is 0.702. The highest BCUT2D eigenvalue weighted by atomic mass is 79.9. The lowest BCUT2D eigenvalue weighted by molar-refractivity contribution is -0.127. The van der Waals surface area contributed by atoms with Crippen molar-refractivity contribution >= 4 is 33.4 Å². The molecular weight excluding hydrogens is 460 g/mol. The number of carbonyl (C=O) groups excluding carboxylic acids is 2. The SMILES string of the molecule is N#Cc1ccc(OC2CCC(NC(=O)C3CC(=O)N(c4cccc(Br)c4)C3)CC2)nc1. The monoisotopic (exact) mass is 482 g/mol. The van der Waals surface area contributed by atoms with Crippen LogP contribution in [0.4, 0.5) is 5.69 Å². The van der Waals surface area contributed by atoms with Gasteiger partial charge in [0.15, 0.2) is 0 Å². The highest BCUT2D eigenvalue weighted by Gasteiger charge is 2.36. The molecule has 0 radical (unpaired) electrons. The number of nitrogens with zero attached hydrogens (tertiary/aromatic N) is 3. The number of anilines is 1. The largest absolute Gasteiger partial charge is 0.474 e. The van der Waals surface area contributed by atoms with Crippen molar-refractivity contribution in [1.29, 1.82) is 5.26 Å². The van der Waals surface area contributed by atoms with Crippen LogP contribution in [0.2, 0.25) is 0 Å². The first-order chi connectivity index (χ1) is 15.0. The number of nitriles is 1. The molecule has 160 valence electrons. The van der Waals surface area contributed by atoms with E-state index in [1.54, 1.807) is 17.0 Å². The predicted molar refractivity (Wildman–Crippen MR) is 118 cm³/mol. The molecule has 2 aromatic rings. The second-order valence-electron chi connectivity index (χ2n) is 7.98. The average molecular weight is 483 g/mol. The van der Waals surface area contributed by atoms with Crippen LogP contribution in [0, 0.1) is 17.2 Å². The summed E-state index contributed by atoms with van der Waals surface area (Å²) in [6, 6.07) is 13.1. The van der Waals surface area contributed by atoms with Gasteiger partial charge in [-0.1, -0.05) is 22.0 Å². The zero-order valence-corrected chi connectivity index (χ0v) is 18.5. The highest BCUT2D eigenvalue weighted by Crippen LogP contribution is 2.28. The molecule has 2 aliphatic rings. The number of benzene rings is 1. The first-order valence-corrected chi connectivity index (χ1v) is 11.2. The van der Waals surface area contributed by atoms with Crippen LogP contribution < -0.4 is 15.0 Å². The Balaban J connectivity index is 1.25. The van der Waals surface area contributed by atoms with Gasteiger partial charge in [-0.3, -0.25) is 9.59 Å². The van der Waals surface area contributed by atoms with Crippen LogP contribution in [0.25, 0.3) is 0 Å². The minimum Gasteiger partial charge on any atom is -0.474 e. The van der Waals surface area contributed by atoms with Gasteiger partial charge in [0.05, 0.1) is 11.5 Å². The molecule has 1 N–H and O–H groups in total. The fourth-order valence-corrected chi connectivity index (χ4v) is 4.49. The molecule has 1 aromatic heterocycles. The maximum atomic E-state index is 12.8. The molecule has 1 aromatic carbocycles. The van der Waals surface area contributed by atoms with E-state index in [2.05, 4.69) is 26.2 Å². The van der Waals surface area contributed by atoms with E-state index < -0.39 is 0 Å². The van der Waals surface area contributed by atoms with Crippen molar-refractivity contribution in [2.75, 3.05) is 11.4 Å². The van der Waals surface area contributed by atoms with Crippen molar-refractivity contribution in [3.8, 4) is 11.9 Å². The van der Waals surface area contributed by atoms with E-state index >= 15 is 0 Å². The molecule has 2 fully saturated rings. The van der Waals surface area contributed by atoms with Crippen LogP contribution in [0.15, 0.2) is 47.1 Å². The van der Waals surface area contributed by atoms with Crippen molar-refractivity contribution in [2.24, 2.45) is 5.92 Å². The van der Waals surface area contributed by atoms with Gasteiger partial charge in [0.25, 0.3) is 0 Å². The van der Waals surface area contributed by atoms with Gasteiger partial charge in [0.2, 0.25) is 17.7 Å². The van der Waals surface area contributed by atoms with E-state index in [0.29, 0.717) is 18.0 Å². The molecule has 7 nitrogen and oxygen atoms in total. The van der Waals surface area contributed by atoms with E-state index in [0.717, 1.165) is 35.8 Å². The molecule has 2 heterocycles. The summed E-state index contributed by atoms with van der Waals surface area (Å²) < 4.78 is 6.81. The number of ether oxygens (including phenoxy) is 1. The van der Waals surface area contributed by atoms with Crippen molar-refractivity contribution in [1.82, 2.24) is 10.3 Å². The first-order valence-electron chi connectivity index (χ1n) is 10.4. The lowest BCUT2D eigenvalue weighted by Crippen LogP contribution is -2.43. The van der Waals surface area contributed by atoms with Gasteiger partial charge in [0, 0.05) is 41.4 Å². The molecule has 1 unspecified atom stereocenters. The summed E-state index contributed by atoms with van der Waals surface area (Å²) in [5.74, 6) is 0.112. The van der Waals surface area contributed by atoms with Crippen LogP contribution in [0.3, 0.4) is 0 Å². The molecule has 1 aliphatic heterocycles.